The maximum atomic E-state index is 14.0. The minimum Gasteiger partial charge on any atom is -0.454 e. The number of ether oxygens (including phenoxy) is 1. The lowest BCUT2D eigenvalue weighted by Crippen LogP contribution is -2.55. The molecule has 0 saturated carbocycles. The molecule has 4 rings (SSSR count). The molecule has 0 aliphatic carbocycles. The van der Waals surface area contributed by atoms with Crippen LogP contribution in [0.5, 0.6) is 0 Å². The fraction of sp³-hybridized carbons (Fsp3) is 0.286. The number of likely N-dealkylation sites (tertiary alicyclic amines) is 1. The molecule has 9 heteroatoms. The Morgan fingerprint density at radius 3 is 2.32 bits per heavy atom. The molecular weight excluding hydrogens is 472 g/mol. The molecule has 9 nitrogen and oxygen atoms in total. The molecule has 2 N–H and O–H groups in total. The highest BCUT2D eigenvalue weighted by Crippen LogP contribution is 2.31. The number of hydrogen-bond acceptors (Lipinski definition) is 6. The van der Waals surface area contributed by atoms with Gasteiger partial charge in [0.05, 0.1) is 13.4 Å². The fourth-order valence-electron chi connectivity index (χ4n) is 4.69. The molecule has 0 unspecified atom stereocenters. The number of benzene rings is 2. The minimum absolute atomic E-state index is 0.159. The van der Waals surface area contributed by atoms with E-state index in [0.29, 0.717) is 24.9 Å². The second kappa shape index (κ2) is 11.9. The summed E-state index contributed by atoms with van der Waals surface area (Å²) >= 11 is 0. The summed E-state index contributed by atoms with van der Waals surface area (Å²) in [7, 11) is 1.25. The summed E-state index contributed by atoms with van der Waals surface area (Å²) in [5, 5.41) is 14.5. The van der Waals surface area contributed by atoms with Crippen LogP contribution in [0.25, 0.3) is 0 Å². The fourth-order valence-corrected chi connectivity index (χ4v) is 4.69. The molecule has 0 bridgehead atoms. The number of methoxy groups -OCH3 is 1. The van der Waals surface area contributed by atoms with Crippen molar-refractivity contribution in [3.8, 4) is 6.07 Å². The van der Waals surface area contributed by atoms with Gasteiger partial charge in [0.1, 0.15) is 18.2 Å². The van der Waals surface area contributed by atoms with Crippen LogP contribution in [0.2, 0.25) is 0 Å². The van der Waals surface area contributed by atoms with Crippen LogP contribution in [-0.2, 0) is 20.9 Å². The largest absolute Gasteiger partial charge is 0.454 e. The molecule has 3 amide bonds. The van der Waals surface area contributed by atoms with Crippen LogP contribution in [0.15, 0.2) is 77.4 Å². The highest BCUT2D eigenvalue weighted by Gasteiger charge is 2.41. The molecule has 0 radical (unpaired) electrons. The third-order valence-electron chi connectivity index (χ3n) is 6.44. The zero-order chi connectivity index (χ0) is 26.2. The van der Waals surface area contributed by atoms with Gasteiger partial charge in [0.15, 0.2) is 0 Å². The quantitative estimate of drug-likeness (QED) is 0.489. The van der Waals surface area contributed by atoms with E-state index in [1.807, 2.05) is 66.7 Å². The Morgan fingerprint density at radius 1 is 1.11 bits per heavy atom. The topological polar surface area (TPSA) is 125 Å². The van der Waals surface area contributed by atoms with Gasteiger partial charge in [-0.25, -0.2) is 4.79 Å². The number of nitrogens with one attached hydrogen (secondary N) is 2. The van der Waals surface area contributed by atoms with Crippen molar-refractivity contribution in [1.29, 1.82) is 5.26 Å². The van der Waals surface area contributed by atoms with Gasteiger partial charge < -0.3 is 24.7 Å². The third kappa shape index (κ3) is 5.98. The number of carbonyl (C=O) groups excluding carboxylic acids is 3. The first-order chi connectivity index (χ1) is 18.0. The maximum absolute atomic E-state index is 14.0. The molecular formula is C28H28N4O5. The van der Waals surface area contributed by atoms with Gasteiger partial charge in [-0.1, -0.05) is 60.7 Å². The van der Waals surface area contributed by atoms with E-state index in [1.165, 1.54) is 18.3 Å². The highest BCUT2D eigenvalue weighted by molar-refractivity contribution is 5.93. The lowest BCUT2D eigenvalue weighted by Gasteiger charge is -2.33. The number of hydrogen-bond donors (Lipinski definition) is 2. The predicted molar refractivity (Wildman–Crippen MR) is 134 cm³/mol. The number of alkyl carbamates (subject to hydrolysis) is 1. The van der Waals surface area contributed by atoms with Gasteiger partial charge in [-0.15, -0.1) is 0 Å². The molecule has 3 aromatic rings. The second-order valence-corrected chi connectivity index (χ2v) is 8.75. The smallest absolute Gasteiger partial charge is 0.407 e. The van der Waals surface area contributed by atoms with Gasteiger partial charge in [-0.05, 0) is 30.0 Å². The second-order valence-electron chi connectivity index (χ2n) is 8.75. The Balaban J connectivity index is 1.60. The Morgan fingerprint density at radius 2 is 1.76 bits per heavy atom. The first-order valence-electron chi connectivity index (χ1n) is 12.0. The molecule has 2 heterocycles. The molecule has 1 saturated heterocycles. The number of nitrogens with zero attached hydrogens (tertiary/aromatic N) is 2. The summed E-state index contributed by atoms with van der Waals surface area (Å²) in [5.74, 6) is -1.02. The SMILES string of the molecule is COC(=O)N[C@@H](C(=O)N1CCC[C@H]1C(=O)NCc1coc(C#N)c1)C(c1ccccc1)c1ccccc1. The van der Waals surface area contributed by atoms with Gasteiger partial charge in [-0.2, -0.15) is 5.26 Å². The van der Waals surface area contributed by atoms with E-state index in [-0.39, 0.29) is 24.1 Å². The van der Waals surface area contributed by atoms with Crippen LogP contribution in [0.1, 0.15) is 41.2 Å². The van der Waals surface area contributed by atoms with Crippen LogP contribution < -0.4 is 10.6 Å². The standard InChI is InChI=1S/C28H28N4O5/c1-36-28(35)31-25(24(20-9-4-2-5-10-20)21-11-6-3-7-12-21)27(34)32-14-8-13-23(32)26(33)30-17-19-15-22(16-29)37-18-19/h2-7,9-12,15,18,23-25H,8,13-14,17H2,1H3,(H,30,33)(H,31,35)/t23-,25+/m0/s1. The van der Waals surface area contributed by atoms with E-state index in [1.54, 1.807) is 6.07 Å². The van der Waals surface area contributed by atoms with Crippen molar-refractivity contribution >= 4 is 17.9 Å². The van der Waals surface area contributed by atoms with Crippen LogP contribution in [0.3, 0.4) is 0 Å². The average Bonchev–Trinajstić information content (AvgIpc) is 3.62. The van der Waals surface area contributed by atoms with Crippen molar-refractivity contribution in [3.63, 3.8) is 0 Å². The van der Waals surface area contributed by atoms with E-state index in [2.05, 4.69) is 10.6 Å². The molecule has 2 atom stereocenters. The van der Waals surface area contributed by atoms with Crippen LogP contribution in [0.4, 0.5) is 4.79 Å². The van der Waals surface area contributed by atoms with Gasteiger partial charge in [-0.3, -0.25) is 9.59 Å². The van der Waals surface area contributed by atoms with Crippen molar-refractivity contribution in [1.82, 2.24) is 15.5 Å². The lowest BCUT2D eigenvalue weighted by molar-refractivity contribution is -0.140. The summed E-state index contributed by atoms with van der Waals surface area (Å²) in [6, 6.07) is 20.7. The predicted octanol–water partition coefficient (Wildman–Crippen LogP) is 3.32. The Bertz CT molecular complexity index is 1230. The highest BCUT2D eigenvalue weighted by atomic mass is 16.5. The number of amides is 3. The van der Waals surface area contributed by atoms with E-state index in [0.717, 1.165) is 11.1 Å². The van der Waals surface area contributed by atoms with Gasteiger partial charge in [0.2, 0.25) is 17.6 Å². The Kier molecular flexibility index (Phi) is 8.21. The Hall–Kier alpha value is -4.58. The van der Waals surface area contributed by atoms with E-state index in [4.69, 9.17) is 14.4 Å². The molecule has 37 heavy (non-hydrogen) atoms. The van der Waals surface area contributed by atoms with Gasteiger partial charge >= 0.3 is 6.09 Å². The lowest BCUT2D eigenvalue weighted by atomic mass is 9.84. The first-order valence-corrected chi connectivity index (χ1v) is 12.0. The van der Waals surface area contributed by atoms with E-state index in [9.17, 15) is 14.4 Å². The maximum Gasteiger partial charge on any atom is 0.407 e. The zero-order valence-corrected chi connectivity index (χ0v) is 20.4. The summed E-state index contributed by atoms with van der Waals surface area (Å²) in [5.41, 5.74) is 2.34. The molecule has 1 aromatic heterocycles. The number of furan rings is 1. The average molecular weight is 501 g/mol. The van der Waals surface area contributed by atoms with Crippen LogP contribution in [0, 0.1) is 11.3 Å². The van der Waals surface area contributed by atoms with Crippen molar-refractivity contribution in [2.24, 2.45) is 0 Å². The van der Waals surface area contributed by atoms with Crippen molar-refractivity contribution < 1.29 is 23.5 Å². The normalized spacial score (nSPS) is 15.6. The zero-order valence-electron chi connectivity index (χ0n) is 20.4. The summed E-state index contributed by atoms with van der Waals surface area (Å²) in [6.45, 7) is 0.555. The third-order valence-corrected chi connectivity index (χ3v) is 6.44. The Labute approximate surface area is 215 Å². The summed E-state index contributed by atoms with van der Waals surface area (Å²) in [4.78, 5) is 41.1. The van der Waals surface area contributed by atoms with Gasteiger partial charge in [0.25, 0.3) is 0 Å². The van der Waals surface area contributed by atoms with Crippen LogP contribution in [-0.4, -0.2) is 48.5 Å². The van der Waals surface area contributed by atoms with Gasteiger partial charge in [0, 0.05) is 24.6 Å². The number of rotatable bonds is 8. The minimum atomic E-state index is -1.00. The van der Waals surface area contributed by atoms with Crippen molar-refractivity contribution in [2.75, 3.05) is 13.7 Å². The van der Waals surface area contributed by atoms with Crippen molar-refractivity contribution in [2.45, 2.75) is 37.4 Å². The number of nitriles is 1. The molecule has 1 aliphatic heterocycles. The van der Waals surface area contributed by atoms with Crippen molar-refractivity contribution in [3.05, 3.63) is 95.4 Å². The number of carbonyl (C=O) groups is 3. The van der Waals surface area contributed by atoms with E-state index < -0.39 is 24.1 Å². The molecule has 0 spiro atoms. The molecule has 1 fully saturated rings. The molecule has 2 aromatic carbocycles. The summed E-state index contributed by atoms with van der Waals surface area (Å²) < 4.78 is 9.95. The summed E-state index contributed by atoms with van der Waals surface area (Å²) in [6.07, 6.45) is 1.83. The first kappa shape index (κ1) is 25.5. The molecule has 1 aliphatic rings. The monoisotopic (exact) mass is 500 g/mol. The molecule has 190 valence electrons. The van der Waals surface area contributed by atoms with E-state index >= 15 is 0 Å². The van der Waals surface area contributed by atoms with Crippen LogP contribution >= 0.6 is 0 Å².